The zero-order valence-corrected chi connectivity index (χ0v) is 9.07. The number of nitrogens with zero attached hydrogens (tertiary/aromatic N) is 3. The van der Waals surface area contributed by atoms with Crippen LogP contribution in [0.3, 0.4) is 0 Å². The van der Waals surface area contributed by atoms with Crippen LogP contribution in [0.15, 0.2) is 6.20 Å². The highest BCUT2D eigenvalue weighted by Crippen LogP contribution is 2.02. The molecule has 0 radical (unpaired) electrons. The Kier molecular flexibility index (Phi) is 5.22. The molecule has 0 aromatic carbocycles. The topological polar surface area (TPSA) is 39.9 Å². The monoisotopic (exact) mass is 197 g/mol. The molecule has 4 nitrogen and oxygen atoms in total. The summed E-state index contributed by atoms with van der Waals surface area (Å²) in [6.07, 6.45) is 5.42. The normalized spacial score (nSPS) is 10.7. The van der Waals surface area contributed by atoms with Gasteiger partial charge in [0, 0.05) is 13.2 Å². The summed E-state index contributed by atoms with van der Waals surface area (Å²) in [5.74, 6) is 0. The van der Waals surface area contributed by atoms with Crippen LogP contribution in [0.1, 0.15) is 38.8 Å². The smallest absolute Gasteiger partial charge is 0.0901 e. The Hall–Kier alpha value is -0.900. The van der Waals surface area contributed by atoms with Crippen LogP contribution in [-0.4, -0.2) is 21.6 Å². The van der Waals surface area contributed by atoms with Crippen LogP contribution >= 0.6 is 0 Å². The number of rotatable bonds is 7. The lowest BCUT2D eigenvalue weighted by Crippen LogP contribution is -2.06. The van der Waals surface area contributed by atoms with E-state index in [-0.39, 0.29) is 0 Å². The summed E-state index contributed by atoms with van der Waals surface area (Å²) in [5, 5.41) is 7.91. The molecule has 1 aromatic heterocycles. The third-order valence-corrected chi connectivity index (χ3v) is 2.13. The molecule has 1 heterocycles. The van der Waals surface area contributed by atoms with E-state index in [1.54, 1.807) is 6.20 Å². The largest absolute Gasteiger partial charge is 0.375 e. The van der Waals surface area contributed by atoms with E-state index in [0.717, 1.165) is 18.8 Å². The number of ether oxygens (including phenoxy) is 1. The molecule has 14 heavy (non-hydrogen) atoms. The highest BCUT2D eigenvalue weighted by Gasteiger charge is 2.02. The van der Waals surface area contributed by atoms with Crippen LogP contribution in [0.25, 0.3) is 0 Å². The Balaban J connectivity index is 2.37. The van der Waals surface area contributed by atoms with Crippen molar-refractivity contribution in [2.75, 3.05) is 6.61 Å². The SMILES string of the molecule is CCCCCn1nncc1COCC. The first-order valence-electron chi connectivity index (χ1n) is 5.33. The lowest BCUT2D eigenvalue weighted by molar-refractivity contribution is 0.127. The minimum atomic E-state index is 0.621. The maximum atomic E-state index is 5.32. The van der Waals surface area contributed by atoms with E-state index in [4.69, 9.17) is 4.74 Å². The second-order valence-corrected chi connectivity index (χ2v) is 3.29. The van der Waals surface area contributed by atoms with Crippen LogP contribution in [-0.2, 0) is 17.9 Å². The van der Waals surface area contributed by atoms with Crippen LogP contribution in [0.5, 0.6) is 0 Å². The predicted octanol–water partition coefficient (Wildman–Crippen LogP) is 2.00. The molecular formula is C10H19N3O. The summed E-state index contributed by atoms with van der Waals surface area (Å²) in [4.78, 5) is 0. The molecule has 1 aromatic rings. The zero-order chi connectivity index (χ0) is 10.2. The predicted molar refractivity (Wildman–Crippen MR) is 54.9 cm³/mol. The van der Waals surface area contributed by atoms with Crippen LogP contribution in [0.2, 0.25) is 0 Å². The lowest BCUT2D eigenvalue weighted by atomic mass is 10.2. The molecule has 0 saturated heterocycles. The van der Waals surface area contributed by atoms with E-state index in [1.807, 2.05) is 11.6 Å². The molecular weight excluding hydrogens is 178 g/mol. The van der Waals surface area contributed by atoms with Gasteiger partial charge < -0.3 is 4.74 Å². The van der Waals surface area contributed by atoms with Crippen LogP contribution in [0, 0.1) is 0 Å². The van der Waals surface area contributed by atoms with Gasteiger partial charge in [-0.05, 0) is 13.3 Å². The number of aromatic nitrogens is 3. The van der Waals surface area contributed by atoms with Crippen molar-refractivity contribution in [3.05, 3.63) is 11.9 Å². The van der Waals surface area contributed by atoms with Crippen molar-refractivity contribution in [1.29, 1.82) is 0 Å². The molecule has 0 aliphatic heterocycles. The second-order valence-electron chi connectivity index (χ2n) is 3.29. The van der Waals surface area contributed by atoms with Crippen LogP contribution < -0.4 is 0 Å². The third kappa shape index (κ3) is 3.46. The fourth-order valence-corrected chi connectivity index (χ4v) is 1.30. The van der Waals surface area contributed by atoms with Gasteiger partial charge in [-0.2, -0.15) is 0 Å². The molecule has 0 spiro atoms. The molecule has 0 aliphatic carbocycles. The van der Waals surface area contributed by atoms with Gasteiger partial charge in [-0.1, -0.05) is 25.0 Å². The van der Waals surface area contributed by atoms with Gasteiger partial charge in [-0.3, -0.25) is 0 Å². The molecule has 0 saturated carbocycles. The number of unbranched alkanes of at least 4 members (excludes halogenated alkanes) is 2. The molecule has 80 valence electrons. The molecule has 0 atom stereocenters. The molecule has 0 amide bonds. The lowest BCUT2D eigenvalue weighted by Gasteiger charge is -2.05. The summed E-state index contributed by atoms with van der Waals surface area (Å²) in [6.45, 7) is 6.50. The number of hydrogen-bond acceptors (Lipinski definition) is 3. The van der Waals surface area contributed by atoms with Gasteiger partial charge in [0.25, 0.3) is 0 Å². The van der Waals surface area contributed by atoms with E-state index in [2.05, 4.69) is 17.2 Å². The van der Waals surface area contributed by atoms with E-state index in [0.29, 0.717) is 6.61 Å². The van der Waals surface area contributed by atoms with E-state index in [1.165, 1.54) is 19.3 Å². The van der Waals surface area contributed by atoms with E-state index >= 15 is 0 Å². The fourth-order valence-electron chi connectivity index (χ4n) is 1.30. The molecule has 0 unspecified atom stereocenters. The standard InChI is InChI=1S/C10H19N3O/c1-3-5-6-7-13-10(8-11-12-13)9-14-4-2/h8H,3-7,9H2,1-2H3. The van der Waals surface area contributed by atoms with Crippen molar-refractivity contribution in [3.8, 4) is 0 Å². The van der Waals surface area contributed by atoms with Gasteiger partial charge in [0.1, 0.15) is 0 Å². The van der Waals surface area contributed by atoms with Crippen molar-refractivity contribution in [2.24, 2.45) is 0 Å². The molecule has 0 bridgehead atoms. The van der Waals surface area contributed by atoms with Gasteiger partial charge in [-0.25, -0.2) is 4.68 Å². The summed E-state index contributed by atoms with van der Waals surface area (Å²) >= 11 is 0. The van der Waals surface area contributed by atoms with Gasteiger partial charge in [0.15, 0.2) is 0 Å². The molecule has 1 rings (SSSR count). The molecule has 4 heteroatoms. The van der Waals surface area contributed by atoms with Crippen molar-refractivity contribution in [1.82, 2.24) is 15.0 Å². The maximum Gasteiger partial charge on any atom is 0.0901 e. The first-order chi connectivity index (χ1) is 6.88. The highest BCUT2D eigenvalue weighted by molar-refractivity contribution is 4.91. The van der Waals surface area contributed by atoms with Gasteiger partial charge in [0.05, 0.1) is 18.5 Å². The van der Waals surface area contributed by atoms with Crippen molar-refractivity contribution >= 4 is 0 Å². The third-order valence-electron chi connectivity index (χ3n) is 2.13. The van der Waals surface area contributed by atoms with E-state index in [9.17, 15) is 0 Å². The van der Waals surface area contributed by atoms with Crippen molar-refractivity contribution in [3.63, 3.8) is 0 Å². The fraction of sp³-hybridized carbons (Fsp3) is 0.800. The quantitative estimate of drug-likeness (QED) is 0.628. The van der Waals surface area contributed by atoms with Crippen molar-refractivity contribution < 1.29 is 4.74 Å². The molecule has 0 aliphatic rings. The van der Waals surface area contributed by atoms with Gasteiger partial charge in [-0.15, -0.1) is 5.10 Å². The Morgan fingerprint density at radius 2 is 2.21 bits per heavy atom. The van der Waals surface area contributed by atoms with Gasteiger partial charge in [0.2, 0.25) is 0 Å². The summed E-state index contributed by atoms with van der Waals surface area (Å²) in [5.41, 5.74) is 1.07. The highest BCUT2D eigenvalue weighted by atomic mass is 16.5. The Bertz CT molecular complexity index is 247. The average molecular weight is 197 g/mol. The first-order valence-corrected chi connectivity index (χ1v) is 5.33. The van der Waals surface area contributed by atoms with Gasteiger partial charge >= 0.3 is 0 Å². The Morgan fingerprint density at radius 3 is 2.93 bits per heavy atom. The zero-order valence-electron chi connectivity index (χ0n) is 9.07. The van der Waals surface area contributed by atoms with E-state index < -0.39 is 0 Å². The number of aryl methyl sites for hydroxylation is 1. The summed E-state index contributed by atoms with van der Waals surface area (Å²) in [7, 11) is 0. The van der Waals surface area contributed by atoms with Crippen molar-refractivity contribution in [2.45, 2.75) is 46.3 Å². The van der Waals surface area contributed by atoms with Crippen LogP contribution in [0.4, 0.5) is 0 Å². The number of hydrogen-bond donors (Lipinski definition) is 0. The average Bonchev–Trinajstić information content (AvgIpc) is 2.63. The Labute approximate surface area is 85.3 Å². The maximum absolute atomic E-state index is 5.32. The molecule has 0 fully saturated rings. The molecule has 0 N–H and O–H groups in total. The minimum absolute atomic E-state index is 0.621. The summed E-state index contributed by atoms with van der Waals surface area (Å²) in [6, 6.07) is 0. The summed E-state index contributed by atoms with van der Waals surface area (Å²) < 4.78 is 7.26. The second kappa shape index (κ2) is 6.54. The first kappa shape index (κ1) is 11.2. The minimum Gasteiger partial charge on any atom is -0.375 e. The Morgan fingerprint density at radius 1 is 1.36 bits per heavy atom.